The van der Waals surface area contributed by atoms with E-state index in [0.717, 1.165) is 22.3 Å². The van der Waals surface area contributed by atoms with E-state index in [1.165, 1.54) is 4.90 Å². The molecule has 0 unspecified atom stereocenters. The Hall–Kier alpha value is -3.38. The third-order valence-electron chi connectivity index (χ3n) is 3.72. The fourth-order valence-corrected chi connectivity index (χ4v) is 2.90. The highest BCUT2D eigenvalue weighted by Gasteiger charge is 1.98. The molecule has 0 bridgehead atoms. The molecule has 0 radical (unpaired) electrons. The molecule has 2 heteroatoms. The average molecular weight is 349 g/mol. The molecule has 0 saturated heterocycles. The molecule has 0 amide bonds. The zero-order valence-electron chi connectivity index (χ0n) is 14.3. The van der Waals surface area contributed by atoms with Gasteiger partial charge in [0.2, 0.25) is 0 Å². The van der Waals surface area contributed by atoms with Gasteiger partial charge in [0, 0.05) is 27.1 Å². The molecule has 1 nitrogen and oxygen atoms in total. The van der Waals surface area contributed by atoms with E-state index < -0.39 is 0 Å². The zero-order valence-corrected chi connectivity index (χ0v) is 15.1. The highest BCUT2D eigenvalue weighted by Crippen LogP contribution is 2.19. The van der Waals surface area contributed by atoms with E-state index in [1.807, 2.05) is 54.6 Å². The Labute approximate surface area is 158 Å². The largest absolute Gasteiger partial charge is 0.192 e. The number of hydrogen-bond donors (Lipinski definition) is 0. The standard InChI is InChI=1S/C24H15NS/c1-26-24-9-5-4-8-23(24)17-16-22-7-3-2-6-21(22)15-14-19-10-12-20(18-25)13-11-19/h2-13H,1H3. The van der Waals surface area contributed by atoms with Crippen LogP contribution in [0.2, 0.25) is 0 Å². The highest BCUT2D eigenvalue weighted by atomic mass is 32.2. The zero-order chi connectivity index (χ0) is 18.2. The van der Waals surface area contributed by atoms with Gasteiger partial charge in [-0.15, -0.1) is 11.8 Å². The molecule has 26 heavy (non-hydrogen) atoms. The first kappa shape index (κ1) is 17.4. The second kappa shape index (κ2) is 8.64. The number of benzene rings is 3. The van der Waals surface area contributed by atoms with E-state index >= 15 is 0 Å². The fraction of sp³-hybridized carbons (Fsp3) is 0.0417. The van der Waals surface area contributed by atoms with Gasteiger partial charge in [0.1, 0.15) is 0 Å². The van der Waals surface area contributed by atoms with E-state index in [4.69, 9.17) is 5.26 Å². The summed E-state index contributed by atoms with van der Waals surface area (Å²) in [6, 6.07) is 25.4. The SMILES string of the molecule is CSc1ccccc1C#Cc1ccccc1C#Cc1ccc(C#N)cc1. The third kappa shape index (κ3) is 4.37. The number of nitriles is 1. The lowest BCUT2D eigenvalue weighted by atomic mass is 10.1. The second-order valence-corrected chi connectivity index (χ2v) is 6.28. The normalized spacial score (nSPS) is 9.23. The Balaban J connectivity index is 1.92. The van der Waals surface area contributed by atoms with Gasteiger partial charge in [0.05, 0.1) is 11.6 Å². The maximum atomic E-state index is 8.86. The highest BCUT2D eigenvalue weighted by molar-refractivity contribution is 7.98. The minimum atomic E-state index is 0.634. The number of hydrogen-bond acceptors (Lipinski definition) is 2. The first-order valence-electron chi connectivity index (χ1n) is 8.06. The Bertz CT molecular complexity index is 1080. The summed E-state index contributed by atoms with van der Waals surface area (Å²) in [6.45, 7) is 0. The molecule has 0 aromatic heterocycles. The van der Waals surface area contributed by atoms with Gasteiger partial charge in [-0.05, 0) is 54.8 Å². The van der Waals surface area contributed by atoms with Gasteiger partial charge >= 0.3 is 0 Å². The molecule has 0 spiro atoms. The molecule has 0 fully saturated rings. The van der Waals surface area contributed by atoms with Gasteiger partial charge in [-0.3, -0.25) is 0 Å². The van der Waals surface area contributed by atoms with Gasteiger partial charge in [-0.1, -0.05) is 47.9 Å². The van der Waals surface area contributed by atoms with E-state index in [-0.39, 0.29) is 0 Å². The summed E-state index contributed by atoms with van der Waals surface area (Å²) >= 11 is 1.69. The van der Waals surface area contributed by atoms with Crippen LogP contribution in [0.15, 0.2) is 77.7 Å². The number of nitrogens with zero attached hydrogens (tertiary/aromatic N) is 1. The predicted octanol–water partition coefficient (Wildman–Crippen LogP) is 5.08. The van der Waals surface area contributed by atoms with E-state index in [9.17, 15) is 0 Å². The lowest BCUT2D eigenvalue weighted by molar-refractivity contribution is 1.42. The van der Waals surface area contributed by atoms with Crippen molar-refractivity contribution < 1.29 is 0 Å². The van der Waals surface area contributed by atoms with Gasteiger partial charge in [0.25, 0.3) is 0 Å². The molecular weight excluding hydrogens is 334 g/mol. The number of thioether (sulfide) groups is 1. The van der Waals surface area contributed by atoms with Crippen LogP contribution in [0.25, 0.3) is 0 Å². The molecule has 0 saturated carbocycles. The van der Waals surface area contributed by atoms with Gasteiger partial charge < -0.3 is 0 Å². The summed E-state index contributed by atoms with van der Waals surface area (Å²) in [7, 11) is 0. The lowest BCUT2D eigenvalue weighted by Gasteiger charge is -1.99. The third-order valence-corrected chi connectivity index (χ3v) is 4.52. The molecule has 0 atom stereocenters. The quantitative estimate of drug-likeness (QED) is 0.452. The van der Waals surface area contributed by atoms with Crippen LogP contribution in [0.4, 0.5) is 0 Å². The molecule has 3 aromatic carbocycles. The molecule has 0 N–H and O–H groups in total. The van der Waals surface area contributed by atoms with Crippen molar-refractivity contribution in [3.8, 4) is 29.8 Å². The average Bonchev–Trinajstić information content (AvgIpc) is 2.72. The van der Waals surface area contributed by atoms with Crippen molar-refractivity contribution in [3.05, 3.63) is 101 Å². The van der Waals surface area contributed by atoms with Crippen molar-refractivity contribution in [3.63, 3.8) is 0 Å². The maximum Gasteiger partial charge on any atom is 0.0991 e. The molecule has 0 aliphatic carbocycles. The molecule has 0 heterocycles. The lowest BCUT2D eigenvalue weighted by Crippen LogP contribution is -1.85. The molecule has 122 valence electrons. The second-order valence-electron chi connectivity index (χ2n) is 5.44. The van der Waals surface area contributed by atoms with Crippen LogP contribution < -0.4 is 0 Å². The smallest absolute Gasteiger partial charge is 0.0991 e. The van der Waals surface area contributed by atoms with Crippen LogP contribution in [-0.4, -0.2) is 6.26 Å². The first-order chi connectivity index (χ1) is 12.8. The maximum absolute atomic E-state index is 8.86. The summed E-state index contributed by atoms with van der Waals surface area (Å²) in [5.41, 5.74) is 4.33. The van der Waals surface area contributed by atoms with Gasteiger partial charge in [-0.25, -0.2) is 0 Å². The van der Waals surface area contributed by atoms with E-state index in [1.54, 1.807) is 23.9 Å². The molecule has 3 aromatic rings. The minimum Gasteiger partial charge on any atom is -0.192 e. The first-order valence-corrected chi connectivity index (χ1v) is 9.29. The van der Waals surface area contributed by atoms with Crippen LogP contribution in [0, 0.1) is 35.0 Å². The summed E-state index contributed by atoms with van der Waals surface area (Å²) in [5, 5.41) is 8.86. The van der Waals surface area contributed by atoms with Crippen molar-refractivity contribution >= 4 is 11.8 Å². The topological polar surface area (TPSA) is 23.8 Å². The monoisotopic (exact) mass is 349 g/mol. The van der Waals surface area contributed by atoms with Crippen LogP contribution >= 0.6 is 11.8 Å². The van der Waals surface area contributed by atoms with Crippen LogP contribution in [-0.2, 0) is 0 Å². The summed E-state index contributed by atoms with van der Waals surface area (Å²) < 4.78 is 0. The summed E-state index contributed by atoms with van der Waals surface area (Å²) in [4.78, 5) is 1.17. The van der Waals surface area contributed by atoms with E-state index in [0.29, 0.717) is 5.56 Å². The molecule has 3 rings (SSSR count). The Morgan fingerprint density at radius 3 is 1.73 bits per heavy atom. The predicted molar refractivity (Wildman–Crippen MR) is 108 cm³/mol. The molecule has 0 aliphatic rings. The van der Waals surface area contributed by atoms with Crippen molar-refractivity contribution in [1.29, 1.82) is 5.26 Å². The van der Waals surface area contributed by atoms with Crippen molar-refractivity contribution in [1.82, 2.24) is 0 Å². The van der Waals surface area contributed by atoms with Crippen LogP contribution in [0.3, 0.4) is 0 Å². The Kier molecular flexibility index (Phi) is 5.80. The van der Waals surface area contributed by atoms with Crippen LogP contribution in [0.1, 0.15) is 27.8 Å². The molecular formula is C24H15NS. The number of rotatable bonds is 1. The van der Waals surface area contributed by atoms with Gasteiger partial charge in [-0.2, -0.15) is 5.26 Å². The van der Waals surface area contributed by atoms with Crippen LogP contribution in [0.5, 0.6) is 0 Å². The van der Waals surface area contributed by atoms with Crippen molar-refractivity contribution in [2.45, 2.75) is 4.90 Å². The summed E-state index contributed by atoms with van der Waals surface area (Å²) in [5.74, 6) is 12.8. The minimum absolute atomic E-state index is 0.634. The van der Waals surface area contributed by atoms with Crippen molar-refractivity contribution in [2.24, 2.45) is 0 Å². The van der Waals surface area contributed by atoms with Gasteiger partial charge in [0.15, 0.2) is 0 Å². The van der Waals surface area contributed by atoms with Crippen molar-refractivity contribution in [2.75, 3.05) is 6.26 Å². The summed E-state index contributed by atoms with van der Waals surface area (Å²) in [6.07, 6.45) is 2.05. The fourth-order valence-electron chi connectivity index (χ4n) is 2.35. The van der Waals surface area contributed by atoms with E-state index in [2.05, 4.69) is 42.1 Å². The molecule has 0 aliphatic heterocycles. The Morgan fingerprint density at radius 1 is 0.615 bits per heavy atom. The Morgan fingerprint density at radius 2 is 1.12 bits per heavy atom.